The lowest BCUT2D eigenvalue weighted by Crippen LogP contribution is -2.55. The van der Waals surface area contributed by atoms with Crippen LogP contribution in [0.15, 0.2) is 24.4 Å². The second-order valence-corrected chi connectivity index (χ2v) is 3.50. The van der Waals surface area contributed by atoms with Crippen molar-refractivity contribution in [1.29, 1.82) is 0 Å². The van der Waals surface area contributed by atoms with Gasteiger partial charge in [-0.2, -0.15) is 0 Å². The minimum Gasteiger partial charge on any atom is -0.314 e. The first-order valence-electron chi connectivity index (χ1n) is 4.74. The van der Waals surface area contributed by atoms with Gasteiger partial charge in [0.1, 0.15) is 0 Å². The molecular weight excluding hydrogens is 162 g/mol. The van der Waals surface area contributed by atoms with Crippen molar-refractivity contribution in [1.82, 2.24) is 15.6 Å². The lowest BCUT2D eigenvalue weighted by Gasteiger charge is -2.30. The van der Waals surface area contributed by atoms with Crippen LogP contribution in [0.1, 0.15) is 18.7 Å². The van der Waals surface area contributed by atoms with Crippen molar-refractivity contribution < 1.29 is 0 Å². The summed E-state index contributed by atoms with van der Waals surface area (Å²) < 4.78 is 0. The minimum absolute atomic E-state index is 0.355. The van der Waals surface area contributed by atoms with E-state index in [-0.39, 0.29) is 0 Å². The normalized spacial score (nSPS) is 19.5. The molecule has 1 aromatic heterocycles. The topological polar surface area (TPSA) is 37.0 Å². The number of nitrogens with one attached hydrogen (secondary N) is 2. The molecule has 0 aliphatic carbocycles. The van der Waals surface area contributed by atoms with Gasteiger partial charge in [-0.05, 0) is 19.1 Å². The van der Waals surface area contributed by atoms with Crippen molar-refractivity contribution in [3.63, 3.8) is 0 Å². The van der Waals surface area contributed by atoms with Gasteiger partial charge in [0.05, 0.1) is 5.69 Å². The molecule has 0 unspecified atom stereocenters. The number of hydrogen-bond acceptors (Lipinski definition) is 3. The summed E-state index contributed by atoms with van der Waals surface area (Å²) in [6.07, 6.45) is 1.84. The van der Waals surface area contributed by atoms with Gasteiger partial charge >= 0.3 is 0 Å². The van der Waals surface area contributed by atoms with Gasteiger partial charge in [0.25, 0.3) is 0 Å². The predicted octanol–water partition coefficient (Wildman–Crippen LogP) is 0.704. The molecule has 0 spiro atoms. The van der Waals surface area contributed by atoms with Gasteiger partial charge in [0.2, 0.25) is 0 Å². The first-order valence-corrected chi connectivity index (χ1v) is 4.74. The maximum Gasteiger partial charge on any atom is 0.0570 e. The number of nitrogens with zero attached hydrogens (tertiary/aromatic N) is 1. The summed E-state index contributed by atoms with van der Waals surface area (Å²) in [6.45, 7) is 4.31. The molecule has 0 saturated carbocycles. The van der Waals surface area contributed by atoms with Crippen molar-refractivity contribution in [2.75, 3.05) is 13.1 Å². The number of hydrogen-bond donors (Lipinski definition) is 2. The Bertz CT molecular complexity index is 256. The molecule has 0 amide bonds. The van der Waals surface area contributed by atoms with Crippen molar-refractivity contribution >= 4 is 0 Å². The fourth-order valence-corrected chi connectivity index (χ4v) is 1.48. The maximum atomic E-state index is 4.31. The highest BCUT2D eigenvalue weighted by atomic mass is 15.1. The fourth-order valence-electron chi connectivity index (χ4n) is 1.48. The van der Waals surface area contributed by atoms with E-state index < -0.39 is 0 Å². The Morgan fingerprint density at radius 3 is 2.92 bits per heavy atom. The largest absolute Gasteiger partial charge is 0.314 e. The third-order valence-corrected chi connectivity index (χ3v) is 2.40. The summed E-state index contributed by atoms with van der Waals surface area (Å²) in [4.78, 5) is 4.31. The number of pyridine rings is 1. The summed E-state index contributed by atoms with van der Waals surface area (Å²) in [5.74, 6) is 0. The van der Waals surface area contributed by atoms with Crippen LogP contribution in [-0.2, 0) is 0 Å². The molecule has 0 aromatic carbocycles. The highest BCUT2D eigenvalue weighted by molar-refractivity contribution is 5.08. The van der Waals surface area contributed by atoms with Crippen LogP contribution in [0.3, 0.4) is 0 Å². The molecule has 3 nitrogen and oxygen atoms in total. The zero-order valence-electron chi connectivity index (χ0n) is 7.83. The SMILES string of the molecule is C[C@H](NC1CNC1)c1ccccn1. The quantitative estimate of drug-likeness (QED) is 0.713. The third kappa shape index (κ3) is 2.05. The van der Waals surface area contributed by atoms with Crippen molar-refractivity contribution in [3.05, 3.63) is 30.1 Å². The standard InChI is InChI=1S/C10H15N3/c1-8(13-9-6-11-7-9)10-4-2-3-5-12-10/h2-5,8-9,11,13H,6-7H2,1H3/t8-/m0/s1. The average molecular weight is 177 g/mol. The zero-order chi connectivity index (χ0) is 9.10. The van der Waals surface area contributed by atoms with Crippen molar-refractivity contribution in [3.8, 4) is 0 Å². The minimum atomic E-state index is 0.355. The molecule has 1 atom stereocenters. The van der Waals surface area contributed by atoms with Gasteiger partial charge in [-0.3, -0.25) is 4.98 Å². The molecule has 1 aromatic rings. The smallest absolute Gasteiger partial charge is 0.0570 e. The predicted molar refractivity (Wildman–Crippen MR) is 52.4 cm³/mol. The Morgan fingerprint density at radius 2 is 2.38 bits per heavy atom. The van der Waals surface area contributed by atoms with E-state index in [1.54, 1.807) is 0 Å². The Hall–Kier alpha value is -0.930. The summed E-state index contributed by atoms with van der Waals surface area (Å²) >= 11 is 0. The van der Waals surface area contributed by atoms with E-state index >= 15 is 0 Å². The highest BCUT2D eigenvalue weighted by Crippen LogP contribution is 2.09. The van der Waals surface area contributed by atoms with Gasteiger partial charge in [0, 0.05) is 31.4 Å². The van der Waals surface area contributed by atoms with Gasteiger partial charge in [0.15, 0.2) is 0 Å². The van der Waals surface area contributed by atoms with Gasteiger partial charge in [-0.1, -0.05) is 6.07 Å². The van der Waals surface area contributed by atoms with E-state index in [9.17, 15) is 0 Å². The Morgan fingerprint density at radius 1 is 1.54 bits per heavy atom. The second kappa shape index (κ2) is 3.85. The summed E-state index contributed by atoms with van der Waals surface area (Å²) in [5, 5.41) is 6.74. The van der Waals surface area contributed by atoms with E-state index in [4.69, 9.17) is 0 Å². The van der Waals surface area contributed by atoms with Crippen LogP contribution in [-0.4, -0.2) is 24.1 Å². The molecule has 1 fully saturated rings. The third-order valence-electron chi connectivity index (χ3n) is 2.40. The van der Waals surface area contributed by atoms with E-state index in [0.29, 0.717) is 12.1 Å². The Labute approximate surface area is 78.6 Å². The van der Waals surface area contributed by atoms with Crippen LogP contribution >= 0.6 is 0 Å². The Balaban J connectivity index is 1.92. The molecule has 13 heavy (non-hydrogen) atoms. The molecule has 0 radical (unpaired) electrons. The first kappa shape index (κ1) is 8.66. The molecule has 1 saturated heterocycles. The molecule has 2 heterocycles. The van der Waals surface area contributed by atoms with Gasteiger partial charge in [-0.25, -0.2) is 0 Å². The summed E-state index contributed by atoms with van der Waals surface area (Å²) in [5.41, 5.74) is 1.12. The van der Waals surface area contributed by atoms with Crippen LogP contribution in [0.5, 0.6) is 0 Å². The second-order valence-electron chi connectivity index (χ2n) is 3.50. The molecule has 1 aliphatic rings. The van der Waals surface area contributed by atoms with Crippen LogP contribution in [0, 0.1) is 0 Å². The first-order chi connectivity index (χ1) is 6.36. The molecule has 1 aliphatic heterocycles. The molecule has 2 N–H and O–H groups in total. The lowest BCUT2D eigenvalue weighted by atomic mass is 10.1. The summed E-state index contributed by atoms with van der Waals surface area (Å²) in [7, 11) is 0. The van der Waals surface area contributed by atoms with Crippen LogP contribution in [0.4, 0.5) is 0 Å². The average Bonchev–Trinajstić information content (AvgIpc) is 2.12. The molecular formula is C10H15N3. The van der Waals surface area contributed by atoms with Gasteiger partial charge < -0.3 is 10.6 Å². The van der Waals surface area contributed by atoms with Crippen LogP contribution in [0.2, 0.25) is 0 Å². The van der Waals surface area contributed by atoms with Crippen LogP contribution in [0.25, 0.3) is 0 Å². The highest BCUT2D eigenvalue weighted by Gasteiger charge is 2.19. The molecule has 70 valence electrons. The van der Waals surface area contributed by atoms with Crippen molar-refractivity contribution in [2.45, 2.75) is 19.0 Å². The molecule has 2 rings (SSSR count). The lowest BCUT2D eigenvalue weighted by molar-refractivity contribution is 0.336. The van der Waals surface area contributed by atoms with E-state index in [1.165, 1.54) is 0 Å². The molecule has 0 bridgehead atoms. The van der Waals surface area contributed by atoms with E-state index in [0.717, 1.165) is 18.8 Å². The zero-order valence-corrected chi connectivity index (χ0v) is 7.83. The number of rotatable bonds is 3. The number of aromatic nitrogens is 1. The maximum absolute atomic E-state index is 4.31. The van der Waals surface area contributed by atoms with E-state index in [2.05, 4.69) is 28.6 Å². The fraction of sp³-hybridized carbons (Fsp3) is 0.500. The molecule has 3 heteroatoms. The Kier molecular flexibility index (Phi) is 2.57. The van der Waals surface area contributed by atoms with Crippen LogP contribution < -0.4 is 10.6 Å². The monoisotopic (exact) mass is 177 g/mol. The van der Waals surface area contributed by atoms with Crippen molar-refractivity contribution in [2.24, 2.45) is 0 Å². The summed E-state index contributed by atoms with van der Waals surface area (Å²) in [6, 6.07) is 7.01. The van der Waals surface area contributed by atoms with Gasteiger partial charge in [-0.15, -0.1) is 0 Å². The van der Waals surface area contributed by atoms with E-state index in [1.807, 2.05) is 18.3 Å².